The van der Waals surface area contributed by atoms with Gasteiger partial charge in [0.25, 0.3) is 5.91 Å². The lowest BCUT2D eigenvalue weighted by Gasteiger charge is -2.14. The van der Waals surface area contributed by atoms with Crippen LogP contribution in [-0.4, -0.2) is 23.0 Å². The quantitative estimate of drug-likeness (QED) is 0.683. The van der Waals surface area contributed by atoms with Gasteiger partial charge in [0.1, 0.15) is 5.52 Å². The van der Waals surface area contributed by atoms with Gasteiger partial charge >= 0.3 is 5.97 Å². The lowest BCUT2D eigenvalue weighted by Crippen LogP contribution is -2.30. The lowest BCUT2D eigenvalue weighted by atomic mass is 10.2. The van der Waals surface area contributed by atoms with Crippen LogP contribution in [-0.2, 0) is 9.53 Å². The van der Waals surface area contributed by atoms with Gasteiger partial charge in [0.2, 0.25) is 0 Å². The van der Waals surface area contributed by atoms with E-state index in [0.717, 1.165) is 0 Å². The van der Waals surface area contributed by atoms with Gasteiger partial charge in [-0.15, -0.1) is 0 Å². The molecule has 0 saturated heterocycles. The van der Waals surface area contributed by atoms with Gasteiger partial charge in [0, 0.05) is 5.69 Å². The summed E-state index contributed by atoms with van der Waals surface area (Å²) in [4.78, 5) is 28.5. The Balaban J connectivity index is 1.69. The van der Waals surface area contributed by atoms with Crippen molar-refractivity contribution in [3.8, 4) is 0 Å². The Kier molecular flexibility index (Phi) is 4.92. The lowest BCUT2D eigenvalue weighted by molar-refractivity contribution is -0.123. The monoisotopic (exact) mass is 378 g/mol. The van der Waals surface area contributed by atoms with Gasteiger partial charge in [-0.2, -0.15) is 0 Å². The first-order valence-corrected chi connectivity index (χ1v) is 8.00. The van der Waals surface area contributed by atoms with Crippen molar-refractivity contribution in [1.29, 1.82) is 0 Å². The Labute approximate surface area is 152 Å². The summed E-state index contributed by atoms with van der Waals surface area (Å²) in [6.45, 7) is 1.47. The highest BCUT2D eigenvalue weighted by Crippen LogP contribution is 2.25. The Morgan fingerprint density at radius 2 is 2.00 bits per heavy atom. The number of ether oxygens (including phenoxy) is 1. The summed E-state index contributed by atoms with van der Waals surface area (Å²) in [6, 6.07) is 9.53. The molecule has 2 aromatic carbocycles. The molecule has 1 aromatic heterocycles. The zero-order valence-corrected chi connectivity index (χ0v) is 14.5. The van der Waals surface area contributed by atoms with Gasteiger partial charge in [0.15, 0.2) is 18.1 Å². The smallest absolute Gasteiger partial charge is 0.341 e. The number of amides is 1. The van der Waals surface area contributed by atoms with E-state index in [1.165, 1.54) is 19.4 Å². The summed E-state index contributed by atoms with van der Waals surface area (Å²) < 4.78 is 10.3. The van der Waals surface area contributed by atoms with E-state index in [-0.39, 0.29) is 5.56 Å². The Morgan fingerprint density at radius 3 is 2.76 bits per heavy atom. The molecule has 3 rings (SSSR count). The molecule has 128 valence electrons. The van der Waals surface area contributed by atoms with E-state index < -0.39 is 18.0 Å². The maximum atomic E-state index is 12.3. The molecule has 0 aliphatic heterocycles. The van der Waals surface area contributed by atoms with Crippen LogP contribution in [0, 0.1) is 0 Å². The second-order valence-electron chi connectivity index (χ2n) is 5.17. The maximum absolute atomic E-state index is 12.3. The van der Waals surface area contributed by atoms with E-state index in [1.54, 1.807) is 30.3 Å². The Bertz CT molecular complexity index is 955. The van der Waals surface area contributed by atoms with E-state index in [0.29, 0.717) is 26.8 Å². The molecule has 1 atom stereocenters. The average molecular weight is 379 g/mol. The first kappa shape index (κ1) is 17.3. The summed E-state index contributed by atoms with van der Waals surface area (Å²) in [7, 11) is 0. The minimum atomic E-state index is -1.02. The summed E-state index contributed by atoms with van der Waals surface area (Å²) in [5, 5.41) is 3.29. The molecule has 25 heavy (non-hydrogen) atoms. The third-order valence-corrected chi connectivity index (χ3v) is 4.16. The van der Waals surface area contributed by atoms with Gasteiger partial charge in [-0.1, -0.05) is 29.3 Å². The van der Waals surface area contributed by atoms with E-state index >= 15 is 0 Å². The maximum Gasteiger partial charge on any atom is 0.341 e. The van der Waals surface area contributed by atoms with E-state index in [9.17, 15) is 9.59 Å². The number of halogens is 2. The molecule has 0 bridgehead atoms. The van der Waals surface area contributed by atoms with Crippen LogP contribution < -0.4 is 5.32 Å². The van der Waals surface area contributed by atoms with Crippen LogP contribution in [0.5, 0.6) is 0 Å². The van der Waals surface area contributed by atoms with Crippen molar-refractivity contribution in [3.63, 3.8) is 0 Å². The first-order valence-electron chi connectivity index (χ1n) is 7.25. The van der Waals surface area contributed by atoms with Crippen molar-refractivity contribution in [2.24, 2.45) is 0 Å². The van der Waals surface area contributed by atoms with Gasteiger partial charge in [0.05, 0.1) is 15.6 Å². The van der Waals surface area contributed by atoms with Gasteiger partial charge < -0.3 is 14.5 Å². The zero-order chi connectivity index (χ0) is 18.0. The predicted octanol–water partition coefficient (Wildman–Crippen LogP) is 4.32. The number of fused-ring (bicyclic) bond motifs is 1. The van der Waals surface area contributed by atoms with Gasteiger partial charge in [-0.25, -0.2) is 9.78 Å². The van der Waals surface area contributed by atoms with Gasteiger partial charge in [-0.05, 0) is 37.3 Å². The second kappa shape index (κ2) is 7.13. The number of carbonyl (C=O) groups excluding carboxylic acids is 2. The summed E-state index contributed by atoms with van der Waals surface area (Å²) in [5.41, 5.74) is 1.51. The highest BCUT2D eigenvalue weighted by atomic mass is 35.5. The fourth-order valence-corrected chi connectivity index (χ4v) is 2.44. The number of esters is 1. The molecule has 8 heteroatoms. The highest BCUT2D eigenvalue weighted by Gasteiger charge is 2.21. The van der Waals surface area contributed by atoms with E-state index in [4.69, 9.17) is 32.4 Å². The van der Waals surface area contributed by atoms with Crippen LogP contribution in [0.4, 0.5) is 5.69 Å². The van der Waals surface area contributed by atoms with Gasteiger partial charge in [-0.3, -0.25) is 4.79 Å². The number of hydrogen-bond acceptors (Lipinski definition) is 5. The summed E-state index contributed by atoms with van der Waals surface area (Å²) in [6.07, 6.45) is 0.214. The molecular formula is C17H12Cl2N2O4. The predicted molar refractivity (Wildman–Crippen MR) is 94.0 cm³/mol. The number of hydrogen-bond donors (Lipinski definition) is 1. The van der Waals surface area contributed by atoms with E-state index in [1.807, 2.05) is 0 Å². The van der Waals surface area contributed by atoms with Crippen molar-refractivity contribution in [3.05, 3.63) is 58.4 Å². The molecule has 1 heterocycles. The molecule has 3 aromatic rings. The topological polar surface area (TPSA) is 81.4 Å². The highest BCUT2D eigenvalue weighted by molar-refractivity contribution is 6.42. The van der Waals surface area contributed by atoms with Crippen LogP contribution in [0.1, 0.15) is 17.3 Å². The molecule has 1 amide bonds. The normalized spacial score (nSPS) is 12.0. The third-order valence-electron chi connectivity index (χ3n) is 3.42. The molecule has 0 aliphatic rings. The molecule has 0 fully saturated rings. The van der Waals surface area contributed by atoms with E-state index in [2.05, 4.69) is 10.3 Å². The number of para-hydroxylation sites is 1. The molecule has 1 N–H and O–H groups in total. The number of nitrogens with zero attached hydrogens (tertiary/aromatic N) is 1. The number of carbonyl (C=O) groups is 2. The molecular weight excluding hydrogens is 367 g/mol. The summed E-state index contributed by atoms with van der Waals surface area (Å²) in [5.74, 6) is -1.17. The van der Waals surface area contributed by atoms with Crippen molar-refractivity contribution < 1.29 is 18.7 Å². The first-order chi connectivity index (χ1) is 12.0. The Morgan fingerprint density at radius 1 is 1.20 bits per heavy atom. The standard InChI is InChI=1S/C17H12Cl2N2O4/c1-9(16(22)21-10-5-6-12(18)13(19)7-10)25-17(23)11-3-2-4-14-15(11)20-8-24-14/h2-9H,1H3,(H,21,22). The molecule has 0 radical (unpaired) electrons. The van der Waals surface area contributed by atoms with Crippen molar-refractivity contribution >= 4 is 51.9 Å². The molecule has 0 spiro atoms. The van der Waals surface area contributed by atoms with Crippen LogP contribution in [0.3, 0.4) is 0 Å². The van der Waals surface area contributed by atoms with Crippen LogP contribution in [0.25, 0.3) is 11.1 Å². The molecule has 0 saturated carbocycles. The number of nitrogens with one attached hydrogen (secondary N) is 1. The molecule has 1 unspecified atom stereocenters. The average Bonchev–Trinajstić information content (AvgIpc) is 3.06. The number of aromatic nitrogens is 1. The van der Waals surface area contributed by atoms with Crippen LogP contribution >= 0.6 is 23.2 Å². The Hall–Kier alpha value is -2.57. The third kappa shape index (κ3) is 3.75. The van der Waals surface area contributed by atoms with Crippen LogP contribution in [0.15, 0.2) is 47.2 Å². The number of oxazole rings is 1. The number of anilines is 1. The summed E-state index contributed by atoms with van der Waals surface area (Å²) >= 11 is 11.7. The van der Waals surface area contributed by atoms with Crippen molar-refractivity contribution in [2.45, 2.75) is 13.0 Å². The zero-order valence-electron chi connectivity index (χ0n) is 13.0. The van der Waals surface area contributed by atoms with Crippen molar-refractivity contribution in [2.75, 3.05) is 5.32 Å². The van der Waals surface area contributed by atoms with Crippen LogP contribution in [0.2, 0.25) is 10.0 Å². The minimum absolute atomic E-state index is 0.223. The number of rotatable bonds is 4. The fraction of sp³-hybridized carbons (Fsp3) is 0.118. The second-order valence-corrected chi connectivity index (χ2v) is 5.98. The van der Waals surface area contributed by atoms with Crippen molar-refractivity contribution in [1.82, 2.24) is 4.98 Å². The SMILES string of the molecule is CC(OC(=O)c1cccc2ocnc12)C(=O)Nc1ccc(Cl)c(Cl)c1. The molecule has 6 nitrogen and oxygen atoms in total. The fourth-order valence-electron chi connectivity index (χ4n) is 2.15. The molecule has 0 aliphatic carbocycles. The largest absolute Gasteiger partial charge is 0.449 e. The number of benzene rings is 2. The minimum Gasteiger partial charge on any atom is -0.449 e.